The smallest absolute Gasteiger partial charge is 0.221 e. The van der Waals surface area contributed by atoms with E-state index < -0.39 is 0 Å². The fourth-order valence-electron chi connectivity index (χ4n) is 1.75. The fraction of sp³-hybridized carbons (Fsp3) is 0.333. The maximum Gasteiger partial charge on any atom is 0.221 e. The van der Waals surface area contributed by atoms with E-state index in [1.165, 1.54) is 0 Å². The van der Waals surface area contributed by atoms with Crippen molar-refractivity contribution in [2.75, 3.05) is 0 Å². The lowest BCUT2D eigenvalue weighted by atomic mass is 10.2. The Balaban J connectivity index is 2.18. The molecule has 106 valence electrons. The normalized spacial score (nSPS) is 10.6. The van der Waals surface area contributed by atoms with Crippen molar-refractivity contribution in [3.8, 4) is 5.88 Å². The Hall–Kier alpha value is -1.32. The van der Waals surface area contributed by atoms with Crippen molar-refractivity contribution in [2.45, 2.75) is 33.3 Å². The van der Waals surface area contributed by atoms with Crippen molar-refractivity contribution in [3.63, 3.8) is 0 Å². The molecule has 0 unspecified atom stereocenters. The lowest BCUT2D eigenvalue weighted by Crippen LogP contribution is -2.04. The minimum Gasteiger partial charge on any atom is -0.472 e. The Kier molecular flexibility index (Phi) is 5.21. The Labute approximate surface area is 128 Å². The summed E-state index contributed by atoms with van der Waals surface area (Å²) in [6.07, 6.45) is 1.74. The van der Waals surface area contributed by atoms with E-state index in [9.17, 15) is 0 Å². The number of hydrogen-bond acceptors (Lipinski definition) is 3. The molecule has 0 radical (unpaired) electrons. The molecule has 20 heavy (non-hydrogen) atoms. The van der Waals surface area contributed by atoms with Crippen LogP contribution in [-0.2, 0) is 13.0 Å². The number of benzene rings is 1. The molecule has 0 aliphatic rings. The average molecular weight is 311 g/mol. The minimum absolute atomic E-state index is 0.361. The van der Waals surface area contributed by atoms with Gasteiger partial charge in [0.15, 0.2) is 0 Å². The van der Waals surface area contributed by atoms with Crippen LogP contribution in [0.25, 0.3) is 0 Å². The zero-order chi connectivity index (χ0) is 14.5. The molecule has 5 heteroatoms. The highest BCUT2D eigenvalue weighted by molar-refractivity contribution is 6.31. The highest BCUT2D eigenvalue weighted by Crippen LogP contribution is 2.24. The Morgan fingerprint density at radius 2 is 1.90 bits per heavy atom. The van der Waals surface area contributed by atoms with Gasteiger partial charge in [-0.1, -0.05) is 48.3 Å². The second kappa shape index (κ2) is 6.91. The Bertz CT molecular complexity index is 602. The van der Waals surface area contributed by atoms with Gasteiger partial charge in [0.25, 0.3) is 0 Å². The van der Waals surface area contributed by atoms with Crippen LogP contribution >= 0.6 is 23.2 Å². The van der Waals surface area contributed by atoms with Crippen LogP contribution < -0.4 is 4.74 Å². The molecule has 0 saturated carbocycles. The zero-order valence-electron chi connectivity index (χ0n) is 11.5. The predicted molar refractivity (Wildman–Crippen MR) is 81.6 cm³/mol. The molecule has 0 N–H and O–H groups in total. The van der Waals surface area contributed by atoms with Crippen LogP contribution in [0.15, 0.2) is 24.3 Å². The summed E-state index contributed by atoms with van der Waals surface area (Å²) in [6.45, 7) is 4.28. The largest absolute Gasteiger partial charge is 0.472 e. The summed E-state index contributed by atoms with van der Waals surface area (Å²) in [5.74, 6) is 1.23. The molecule has 0 bridgehead atoms. The fourth-order valence-corrected chi connectivity index (χ4v) is 2.12. The highest BCUT2D eigenvalue weighted by atomic mass is 35.5. The highest BCUT2D eigenvalue weighted by Gasteiger charge is 2.11. The summed E-state index contributed by atoms with van der Waals surface area (Å²) in [7, 11) is 0. The standard InChI is InChI=1S/C15H16Cl2N2O/c1-3-6-13-18-14(17)10(2)15(19-13)20-9-11-7-4-5-8-12(11)16/h4-5,7-8H,3,6,9H2,1-2H3. The summed E-state index contributed by atoms with van der Waals surface area (Å²) in [5.41, 5.74) is 1.67. The van der Waals surface area contributed by atoms with Gasteiger partial charge in [0.05, 0.1) is 0 Å². The van der Waals surface area contributed by atoms with Crippen molar-refractivity contribution >= 4 is 23.2 Å². The number of ether oxygens (including phenoxy) is 1. The van der Waals surface area contributed by atoms with Gasteiger partial charge in [-0.05, 0) is 19.4 Å². The lowest BCUT2D eigenvalue weighted by Gasteiger charge is -2.11. The maximum atomic E-state index is 6.11. The SMILES string of the molecule is CCCc1nc(Cl)c(C)c(OCc2ccccc2Cl)n1. The van der Waals surface area contributed by atoms with E-state index in [0.717, 1.165) is 24.0 Å². The van der Waals surface area contributed by atoms with Crippen LogP contribution in [0.2, 0.25) is 10.2 Å². The molecular formula is C15H16Cl2N2O. The van der Waals surface area contributed by atoms with E-state index in [2.05, 4.69) is 16.9 Å². The van der Waals surface area contributed by atoms with Crippen molar-refractivity contribution < 1.29 is 4.74 Å². The summed E-state index contributed by atoms with van der Waals surface area (Å²) >= 11 is 12.2. The molecule has 1 aromatic carbocycles. The molecule has 0 spiro atoms. The van der Waals surface area contributed by atoms with Gasteiger partial charge in [-0.15, -0.1) is 0 Å². The molecule has 2 rings (SSSR count). The molecule has 3 nitrogen and oxygen atoms in total. The van der Waals surface area contributed by atoms with Crippen LogP contribution in [0.3, 0.4) is 0 Å². The van der Waals surface area contributed by atoms with E-state index in [0.29, 0.717) is 28.5 Å². The molecule has 0 saturated heterocycles. The van der Waals surface area contributed by atoms with Gasteiger partial charge in [-0.25, -0.2) is 4.98 Å². The molecule has 2 aromatic rings. The first kappa shape index (κ1) is 15.1. The number of nitrogens with zero attached hydrogens (tertiary/aromatic N) is 2. The molecule has 0 aliphatic carbocycles. The van der Waals surface area contributed by atoms with Crippen molar-refractivity contribution in [1.82, 2.24) is 9.97 Å². The summed E-state index contributed by atoms with van der Waals surface area (Å²) in [4.78, 5) is 8.65. The Morgan fingerprint density at radius 1 is 1.15 bits per heavy atom. The van der Waals surface area contributed by atoms with Gasteiger partial charge in [-0.2, -0.15) is 4.98 Å². The van der Waals surface area contributed by atoms with Crippen molar-refractivity contribution in [1.29, 1.82) is 0 Å². The van der Waals surface area contributed by atoms with Gasteiger partial charge < -0.3 is 4.74 Å². The van der Waals surface area contributed by atoms with Gasteiger partial charge >= 0.3 is 0 Å². The minimum atomic E-state index is 0.361. The number of rotatable bonds is 5. The van der Waals surface area contributed by atoms with Gasteiger partial charge in [0, 0.05) is 22.6 Å². The van der Waals surface area contributed by atoms with E-state index in [1.54, 1.807) is 0 Å². The third-order valence-electron chi connectivity index (χ3n) is 2.88. The zero-order valence-corrected chi connectivity index (χ0v) is 13.0. The molecule has 1 heterocycles. The first-order chi connectivity index (χ1) is 9.61. The third-order valence-corrected chi connectivity index (χ3v) is 3.62. The van der Waals surface area contributed by atoms with Gasteiger partial charge in [0.1, 0.15) is 17.6 Å². The lowest BCUT2D eigenvalue weighted by molar-refractivity contribution is 0.290. The maximum absolute atomic E-state index is 6.11. The second-order valence-electron chi connectivity index (χ2n) is 4.49. The quantitative estimate of drug-likeness (QED) is 0.756. The monoisotopic (exact) mass is 310 g/mol. The number of aromatic nitrogens is 2. The van der Waals surface area contributed by atoms with E-state index in [4.69, 9.17) is 27.9 Å². The third kappa shape index (κ3) is 3.62. The van der Waals surface area contributed by atoms with Crippen molar-refractivity contribution in [3.05, 3.63) is 51.4 Å². The van der Waals surface area contributed by atoms with Gasteiger partial charge in [-0.3, -0.25) is 0 Å². The molecular weight excluding hydrogens is 295 g/mol. The Morgan fingerprint density at radius 3 is 2.60 bits per heavy atom. The van der Waals surface area contributed by atoms with E-state index in [-0.39, 0.29) is 0 Å². The van der Waals surface area contributed by atoms with Crippen LogP contribution in [0.1, 0.15) is 30.3 Å². The van der Waals surface area contributed by atoms with Crippen molar-refractivity contribution in [2.24, 2.45) is 0 Å². The van der Waals surface area contributed by atoms with Crippen LogP contribution in [0.5, 0.6) is 5.88 Å². The van der Waals surface area contributed by atoms with Crippen LogP contribution in [0, 0.1) is 6.92 Å². The van der Waals surface area contributed by atoms with Crippen LogP contribution in [0.4, 0.5) is 0 Å². The molecule has 0 fully saturated rings. The molecule has 1 aromatic heterocycles. The molecule has 0 atom stereocenters. The van der Waals surface area contributed by atoms with E-state index >= 15 is 0 Å². The number of hydrogen-bond donors (Lipinski definition) is 0. The van der Waals surface area contributed by atoms with E-state index in [1.807, 2.05) is 31.2 Å². The first-order valence-corrected chi connectivity index (χ1v) is 7.26. The van der Waals surface area contributed by atoms with Crippen LogP contribution in [-0.4, -0.2) is 9.97 Å². The average Bonchev–Trinajstić information content (AvgIpc) is 2.43. The topological polar surface area (TPSA) is 35.0 Å². The second-order valence-corrected chi connectivity index (χ2v) is 5.26. The number of halogens is 2. The predicted octanol–water partition coefficient (Wildman–Crippen LogP) is 4.62. The first-order valence-electron chi connectivity index (χ1n) is 6.51. The summed E-state index contributed by atoms with van der Waals surface area (Å²) < 4.78 is 5.75. The molecule has 0 aliphatic heterocycles. The molecule has 0 amide bonds. The summed E-state index contributed by atoms with van der Waals surface area (Å²) in [5, 5.41) is 1.12. The van der Waals surface area contributed by atoms with Gasteiger partial charge in [0.2, 0.25) is 5.88 Å². The summed E-state index contributed by atoms with van der Waals surface area (Å²) in [6, 6.07) is 7.57. The number of aryl methyl sites for hydroxylation is 1.